The fourth-order valence-corrected chi connectivity index (χ4v) is 2.52. The van der Waals surface area contributed by atoms with Crippen molar-refractivity contribution >= 4 is 23.7 Å². The molecule has 150 valence electrons. The number of alkyl carbamates (subject to hydrolysis) is 1. The van der Waals surface area contributed by atoms with Gasteiger partial charge in [-0.05, 0) is 32.9 Å². The number of hydrogen-bond acceptors (Lipinski definition) is 5. The molecule has 9 nitrogen and oxygen atoms in total. The number of anilines is 1. The van der Waals surface area contributed by atoms with Crippen LogP contribution < -0.4 is 10.2 Å². The molecule has 3 N–H and O–H groups in total. The summed E-state index contributed by atoms with van der Waals surface area (Å²) in [5, 5.41) is 12.1. The summed E-state index contributed by atoms with van der Waals surface area (Å²) in [6, 6.07) is 7.22. The molecule has 0 fully saturated rings. The van der Waals surface area contributed by atoms with Crippen LogP contribution >= 0.6 is 0 Å². The first-order chi connectivity index (χ1) is 13.2. The van der Waals surface area contributed by atoms with Crippen molar-refractivity contribution in [3.8, 4) is 0 Å². The molecule has 28 heavy (non-hydrogen) atoms. The molecule has 1 atom stereocenters. The average Bonchev–Trinajstić information content (AvgIpc) is 3.12. The largest absolute Gasteiger partial charge is 0.480 e. The molecule has 0 unspecified atom stereocenters. The Morgan fingerprint density at radius 2 is 1.93 bits per heavy atom. The number of H-pyrrole nitrogens is 1. The molecule has 0 saturated carbocycles. The second-order valence-corrected chi connectivity index (χ2v) is 7.07. The number of hydrogen-bond donors (Lipinski definition) is 3. The second kappa shape index (κ2) is 9.03. The first kappa shape index (κ1) is 20.9. The van der Waals surface area contributed by atoms with Crippen LogP contribution in [-0.4, -0.2) is 51.2 Å². The van der Waals surface area contributed by atoms with Crippen LogP contribution in [0.4, 0.5) is 10.5 Å². The van der Waals surface area contributed by atoms with E-state index in [1.54, 1.807) is 57.3 Å². The first-order valence-corrected chi connectivity index (χ1v) is 8.72. The Labute approximate surface area is 162 Å². The molecule has 0 aliphatic rings. The molecule has 0 aliphatic carbocycles. The molecule has 1 heterocycles. The third-order valence-corrected chi connectivity index (χ3v) is 3.64. The van der Waals surface area contributed by atoms with Crippen LogP contribution in [0.15, 0.2) is 42.9 Å². The number of carbonyl (C=O) groups is 3. The number of benzene rings is 1. The van der Waals surface area contributed by atoms with Gasteiger partial charge in [-0.3, -0.25) is 9.69 Å². The maximum Gasteiger partial charge on any atom is 0.408 e. The highest BCUT2D eigenvalue weighted by Crippen LogP contribution is 2.19. The summed E-state index contributed by atoms with van der Waals surface area (Å²) < 4.78 is 5.12. The Morgan fingerprint density at radius 3 is 2.46 bits per heavy atom. The minimum atomic E-state index is -1.20. The summed E-state index contributed by atoms with van der Waals surface area (Å²) in [5.41, 5.74) is 0.193. The first-order valence-electron chi connectivity index (χ1n) is 8.72. The predicted molar refractivity (Wildman–Crippen MR) is 102 cm³/mol. The smallest absolute Gasteiger partial charge is 0.408 e. The third kappa shape index (κ3) is 6.11. The van der Waals surface area contributed by atoms with Gasteiger partial charge in [-0.25, -0.2) is 14.6 Å². The number of aliphatic carboxylic acids is 1. The fraction of sp³-hybridized carbons (Fsp3) is 0.368. The highest BCUT2D eigenvalue weighted by Gasteiger charge is 2.32. The monoisotopic (exact) mass is 388 g/mol. The number of amides is 2. The minimum absolute atomic E-state index is 0.00586. The Balaban J connectivity index is 2.22. The quantitative estimate of drug-likeness (QED) is 0.666. The third-order valence-electron chi connectivity index (χ3n) is 3.64. The number of nitrogens with zero attached hydrogens (tertiary/aromatic N) is 2. The van der Waals surface area contributed by atoms with Crippen molar-refractivity contribution < 1.29 is 24.2 Å². The average molecular weight is 388 g/mol. The van der Waals surface area contributed by atoms with Crippen molar-refractivity contribution in [2.75, 3.05) is 11.4 Å². The molecule has 0 saturated heterocycles. The van der Waals surface area contributed by atoms with E-state index in [4.69, 9.17) is 4.74 Å². The number of carboxylic acids is 1. The number of aromatic nitrogens is 2. The number of aromatic amines is 1. The van der Waals surface area contributed by atoms with E-state index in [9.17, 15) is 19.5 Å². The van der Waals surface area contributed by atoms with Crippen molar-refractivity contribution in [2.45, 2.75) is 38.8 Å². The molecule has 1 aromatic heterocycles. The number of nitrogens with one attached hydrogen (secondary N) is 2. The van der Waals surface area contributed by atoms with Gasteiger partial charge in [0, 0.05) is 18.3 Å². The standard InChI is InChI=1S/C19H24N4O5/c1-19(2,3)28-18(27)21-11-16(24)23(14-7-5-4-6-8-14)15(17(25)26)9-13-10-20-12-22-13/h4-8,10,12,15H,9,11H2,1-3H3,(H,20,22)(H,21,27)(H,25,26)/t15-/m0/s1. The van der Waals surface area contributed by atoms with Gasteiger partial charge in [0.2, 0.25) is 5.91 Å². The summed E-state index contributed by atoms with van der Waals surface area (Å²) in [5.74, 6) is -1.77. The van der Waals surface area contributed by atoms with E-state index in [1.165, 1.54) is 6.33 Å². The van der Waals surface area contributed by atoms with E-state index >= 15 is 0 Å². The van der Waals surface area contributed by atoms with Gasteiger partial charge < -0.3 is 20.1 Å². The number of imidazole rings is 1. The van der Waals surface area contributed by atoms with Gasteiger partial charge in [0.15, 0.2) is 0 Å². The van der Waals surface area contributed by atoms with Crippen molar-refractivity contribution in [1.82, 2.24) is 15.3 Å². The van der Waals surface area contributed by atoms with Gasteiger partial charge >= 0.3 is 12.1 Å². The van der Waals surface area contributed by atoms with Gasteiger partial charge in [-0.2, -0.15) is 0 Å². The molecule has 0 aliphatic heterocycles. The minimum Gasteiger partial charge on any atom is -0.480 e. The van der Waals surface area contributed by atoms with Crippen LogP contribution in [0.25, 0.3) is 0 Å². The molecule has 2 amide bonds. The second-order valence-electron chi connectivity index (χ2n) is 7.07. The lowest BCUT2D eigenvalue weighted by molar-refractivity contribution is -0.140. The van der Waals surface area contributed by atoms with Crippen LogP contribution in [0.3, 0.4) is 0 Å². The zero-order chi connectivity index (χ0) is 20.7. The highest BCUT2D eigenvalue weighted by molar-refractivity contribution is 6.01. The van der Waals surface area contributed by atoms with Crippen molar-refractivity contribution in [3.05, 3.63) is 48.5 Å². The summed E-state index contributed by atoms with van der Waals surface area (Å²) in [4.78, 5) is 44.6. The van der Waals surface area contributed by atoms with Gasteiger partial charge in [0.05, 0.1) is 12.0 Å². The Morgan fingerprint density at radius 1 is 1.25 bits per heavy atom. The molecule has 9 heteroatoms. The SMILES string of the molecule is CC(C)(C)OC(=O)NCC(=O)N(c1ccccc1)[C@@H](Cc1c[nH]cn1)C(=O)O. The number of carbonyl (C=O) groups excluding carboxylic acids is 2. The number of para-hydroxylation sites is 1. The summed E-state index contributed by atoms with van der Waals surface area (Å²) in [7, 11) is 0. The van der Waals surface area contributed by atoms with E-state index in [0.29, 0.717) is 11.4 Å². The lowest BCUT2D eigenvalue weighted by Gasteiger charge is -2.29. The molecule has 0 bridgehead atoms. The lowest BCUT2D eigenvalue weighted by Crippen LogP contribution is -2.50. The summed E-state index contributed by atoms with van der Waals surface area (Å²) in [6.45, 7) is 4.70. The maximum atomic E-state index is 12.9. The zero-order valence-corrected chi connectivity index (χ0v) is 16.0. The molecular weight excluding hydrogens is 364 g/mol. The predicted octanol–water partition coefficient (Wildman–Crippen LogP) is 1.96. The van der Waals surface area contributed by atoms with Crippen LogP contribution in [0.1, 0.15) is 26.5 Å². The molecule has 2 rings (SSSR count). The highest BCUT2D eigenvalue weighted by atomic mass is 16.6. The van der Waals surface area contributed by atoms with Crippen molar-refractivity contribution in [1.29, 1.82) is 0 Å². The van der Waals surface area contributed by atoms with Crippen LogP contribution in [0, 0.1) is 0 Å². The van der Waals surface area contributed by atoms with Gasteiger partial charge in [-0.1, -0.05) is 18.2 Å². The number of carboxylic acid groups (broad SMARTS) is 1. The van der Waals surface area contributed by atoms with Gasteiger partial charge in [-0.15, -0.1) is 0 Å². The van der Waals surface area contributed by atoms with E-state index in [-0.39, 0.29) is 6.42 Å². The molecule has 0 spiro atoms. The summed E-state index contributed by atoms with van der Waals surface area (Å²) in [6.07, 6.45) is 2.26. The van der Waals surface area contributed by atoms with Crippen LogP contribution in [0.5, 0.6) is 0 Å². The molecule has 2 aromatic rings. The topological polar surface area (TPSA) is 125 Å². The van der Waals surface area contributed by atoms with Gasteiger partial charge in [0.1, 0.15) is 18.2 Å². The van der Waals surface area contributed by atoms with Crippen molar-refractivity contribution in [2.24, 2.45) is 0 Å². The van der Waals surface area contributed by atoms with E-state index in [0.717, 1.165) is 4.90 Å². The number of rotatable bonds is 7. The zero-order valence-electron chi connectivity index (χ0n) is 16.0. The van der Waals surface area contributed by atoms with Crippen LogP contribution in [-0.2, 0) is 20.7 Å². The molecule has 1 aromatic carbocycles. The van der Waals surface area contributed by atoms with Gasteiger partial charge in [0.25, 0.3) is 0 Å². The molecular formula is C19H24N4O5. The van der Waals surface area contributed by atoms with Crippen molar-refractivity contribution in [3.63, 3.8) is 0 Å². The van der Waals surface area contributed by atoms with E-state index in [1.807, 2.05) is 0 Å². The lowest BCUT2D eigenvalue weighted by atomic mass is 10.1. The number of ether oxygens (including phenoxy) is 1. The normalized spacial score (nSPS) is 12.1. The fourth-order valence-electron chi connectivity index (χ4n) is 2.52. The summed E-state index contributed by atoms with van der Waals surface area (Å²) >= 11 is 0. The molecule has 0 radical (unpaired) electrons. The Hall–Kier alpha value is -3.36. The van der Waals surface area contributed by atoms with E-state index in [2.05, 4.69) is 15.3 Å². The van der Waals surface area contributed by atoms with E-state index < -0.39 is 36.2 Å². The Bertz CT molecular complexity index is 799. The maximum absolute atomic E-state index is 12.9. The Kier molecular flexibility index (Phi) is 6.75. The van der Waals surface area contributed by atoms with Crippen LogP contribution in [0.2, 0.25) is 0 Å².